The SMILES string of the molecule is CCCCC/C=C\C/C=C\C/C=C\CCCCCCCCCCC(=O)NC(COP(=O)(O)OCC[N+](C)(C)C)C(/C=C\CCCCCCCCCCC)OC(=O)CCCCCCCCCCCCCCCC. The lowest BCUT2D eigenvalue weighted by Gasteiger charge is -2.27. The van der Waals surface area contributed by atoms with Crippen LogP contribution in [0.15, 0.2) is 48.6 Å². The Morgan fingerprint density at radius 3 is 1.29 bits per heavy atom. The number of quaternary nitrogens is 1. The van der Waals surface area contributed by atoms with Gasteiger partial charge >= 0.3 is 13.8 Å². The van der Waals surface area contributed by atoms with Crippen LogP contribution in [-0.2, 0) is 27.9 Å². The Morgan fingerprint density at radius 1 is 0.486 bits per heavy atom. The lowest BCUT2D eigenvalue weighted by Crippen LogP contribution is -2.47. The van der Waals surface area contributed by atoms with Gasteiger partial charge in [0, 0.05) is 12.8 Å². The van der Waals surface area contributed by atoms with E-state index in [4.69, 9.17) is 13.8 Å². The molecule has 0 heterocycles. The van der Waals surface area contributed by atoms with E-state index in [2.05, 4.69) is 62.5 Å². The van der Waals surface area contributed by atoms with Crippen molar-refractivity contribution in [1.29, 1.82) is 0 Å². The molecule has 422 valence electrons. The third-order valence-corrected chi connectivity index (χ3v) is 14.5. The lowest BCUT2D eigenvalue weighted by molar-refractivity contribution is -0.870. The minimum absolute atomic E-state index is 0.0395. The Hall–Kier alpha value is -2.03. The van der Waals surface area contributed by atoms with Crippen LogP contribution in [0, 0.1) is 0 Å². The smallest absolute Gasteiger partial charge is 0.456 e. The largest absolute Gasteiger partial charge is 0.472 e. The summed E-state index contributed by atoms with van der Waals surface area (Å²) in [6, 6.07) is -0.849. The normalized spacial score (nSPS) is 14.0. The van der Waals surface area contributed by atoms with Crippen LogP contribution in [-0.4, -0.2) is 74.3 Å². The van der Waals surface area contributed by atoms with E-state index in [0.717, 1.165) is 83.5 Å². The fraction of sp³-hybridized carbons (Fsp3) is 0.839. The molecule has 2 N–H and O–H groups in total. The second kappa shape index (κ2) is 52.4. The van der Waals surface area contributed by atoms with E-state index >= 15 is 0 Å². The van der Waals surface area contributed by atoms with Crippen molar-refractivity contribution in [3.63, 3.8) is 0 Å². The summed E-state index contributed by atoms with van der Waals surface area (Å²) in [5.41, 5.74) is 0. The Bertz CT molecular complexity index is 1380. The minimum Gasteiger partial charge on any atom is -0.456 e. The number of amides is 1. The predicted molar refractivity (Wildman–Crippen MR) is 309 cm³/mol. The maximum Gasteiger partial charge on any atom is 0.472 e. The highest BCUT2D eigenvalue weighted by Crippen LogP contribution is 2.43. The third kappa shape index (κ3) is 52.8. The van der Waals surface area contributed by atoms with Crippen LogP contribution in [0.2, 0.25) is 0 Å². The number of likely N-dealkylation sites (N-methyl/N-ethyl adjacent to an activating group) is 1. The molecule has 0 rings (SSSR count). The van der Waals surface area contributed by atoms with E-state index in [-0.39, 0.29) is 25.1 Å². The van der Waals surface area contributed by atoms with Gasteiger partial charge in [-0.05, 0) is 70.3 Å². The fourth-order valence-corrected chi connectivity index (χ4v) is 9.51. The van der Waals surface area contributed by atoms with Crippen molar-refractivity contribution in [3.8, 4) is 0 Å². The third-order valence-electron chi connectivity index (χ3n) is 13.5. The molecule has 0 spiro atoms. The maximum atomic E-state index is 13.5. The number of hydrogen-bond donors (Lipinski definition) is 2. The van der Waals surface area contributed by atoms with Gasteiger partial charge in [0.25, 0.3) is 0 Å². The number of nitrogens with zero attached hydrogens (tertiary/aromatic N) is 1. The summed E-state index contributed by atoms with van der Waals surface area (Å²) in [5.74, 6) is -0.505. The lowest BCUT2D eigenvalue weighted by atomic mass is 10.0. The van der Waals surface area contributed by atoms with E-state index in [1.165, 1.54) is 167 Å². The molecule has 0 aromatic rings. The number of rotatable bonds is 55. The van der Waals surface area contributed by atoms with E-state index in [1.54, 1.807) is 0 Å². The molecular formula is C62H118N2O7P+. The van der Waals surface area contributed by atoms with Crippen molar-refractivity contribution in [2.45, 2.75) is 296 Å². The molecular weight excluding hydrogens is 916 g/mol. The average Bonchev–Trinajstić information content (AvgIpc) is 3.34. The highest BCUT2D eigenvalue weighted by atomic mass is 31.2. The first-order valence-corrected chi connectivity index (χ1v) is 32.0. The predicted octanol–water partition coefficient (Wildman–Crippen LogP) is 18.5. The summed E-state index contributed by atoms with van der Waals surface area (Å²) in [7, 11) is 1.50. The van der Waals surface area contributed by atoms with Gasteiger partial charge in [-0.3, -0.25) is 18.6 Å². The first kappa shape index (κ1) is 70.0. The van der Waals surface area contributed by atoms with Crippen molar-refractivity contribution in [2.24, 2.45) is 0 Å². The summed E-state index contributed by atoms with van der Waals surface area (Å²) in [6.07, 6.45) is 63.8. The van der Waals surface area contributed by atoms with Crippen LogP contribution in [0.5, 0.6) is 0 Å². The van der Waals surface area contributed by atoms with Crippen LogP contribution in [0.3, 0.4) is 0 Å². The van der Waals surface area contributed by atoms with Gasteiger partial charge in [0.05, 0.1) is 33.8 Å². The Kier molecular flexibility index (Phi) is 50.9. The molecule has 1 amide bonds. The molecule has 0 radical (unpaired) electrons. The Balaban J connectivity index is 5.21. The number of esters is 1. The molecule has 0 aromatic carbocycles. The highest BCUT2D eigenvalue weighted by molar-refractivity contribution is 7.47. The summed E-state index contributed by atoms with van der Waals surface area (Å²) in [6.45, 7) is 6.99. The molecule has 0 saturated heterocycles. The Morgan fingerprint density at radius 2 is 0.847 bits per heavy atom. The molecule has 3 unspecified atom stereocenters. The van der Waals surface area contributed by atoms with Gasteiger partial charge in [-0.2, -0.15) is 0 Å². The average molecular weight is 1030 g/mol. The van der Waals surface area contributed by atoms with Gasteiger partial charge in [-0.25, -0.2) is 4.57 Å². The van der Waals surface area contributed by atoms with Crippen molar-refractivity contribution in [1.82, 2.24) is 5.32 Å². The topological polar surface area (TPSA) is 111 Å². The van der Waals surface area contributed by atoms with Crippen molar-refractivity contribution >= 4 is 19.7 Å². The van der Waals surface area contributed by atoms with Crippen LogP contribution in [0.4, 0.5) is 0 Å². The molecule has 10 heteroatoms. The molecule has 0 bridgehead atoms. The molecule has 0 aliphatic carbocycles. The van der Waals surface area contributed by atoms with Crippen molar-refractivity contribution in [3.05, 3.63) is 48.6 Å². The zero-order valence-corrected chi connectivity index (χ0v) is 49.1. The fourth-order valence-electron chi connectivity index (χ4n) is 8.77. The van der Waals surface area contributed by atoms with Crippen LogP contribution in [0.1, 0.15) is 284 Å². The number of nitrogens with one attached hydrogen (secondary N) is 1. The van der Waals surface area contributed by atoms with Gasteiger partial charge in [0.15, 0.2) is 0 Å². The van der Waals surface area contributed by atoms with E-state index in [9.17, 15) is 19.0 Å². The van der Waals surface area contributed by atoms with E-state index in [1.807, 2.05) is 33.3 Å². The summed E-state index contributed by atoms with van der Waals surface area (Å²) >= 11 is 0. The number of phosphoric acid groups is 1. The van der Waals surface area contributed by atoms with Gasteiger partial charge in [0.2, 0.25) is 5.91 Å². The van der Waals surface area contributed by atoms with Gasteiger partial charge in [-0.1, -0.05) is 250 Å². The summed E-state index contributed by atoms with van der Waals surface area (Å²) in [5, 5.41) is 3.05. The maximum absolute atomic E-state index is 13.5. The molecule has 0 aliphatic rings. The Labute approximate surface area is 446 Å². The van der Waals surface area contributed by atoms with Crippen LogP contribution < -0.4 is 5.32 Å². The van der Waals surface area contributed by atoms with Crippen molar-refractivity contribution in [2.75, 3.05) is 40.9 Å². The minimum atomic E-state index is -4.44. The van der Waals surface area contributed by atoms with Gasteiger partial charge in [0.1, 0.15) is 19.3 Å². The number of carbonyl (C=O) groups excluding carboxylic acids is 2. The zero-order valence-electron chi connectivity index (χ0n) is 48.2. The number of hydrogen-bond acceptors (Lipinski definition) is 6. The molecule has 0 fully saturated rings. The number of carbonyl (C=O) groups is 2. The number of phosphoric ester groups is 1. The van der Waals surface area contributed by atoms with Crippen molar-refractivity contribution < 1.29 is 37.3 Å². The molecule has 3 atom stereocenters. The first-order valence-electron chi connectivity index (χ1n) is 30.5. The second-order valence-electron chi connectivity index (χ2n) is 21.9. The molecule has 0 aliphatic heterocycles. The highest BCUT2D eigenvalue weighted by Gasteiger charge is 2.30. The summed E-state index contributed by atoms with van der Waals surface area (Å²) < 4.78 is 30.6. The van der Waals surface area contributed by atoms with Crippen LogP contribution >= 0.6 is 7.82 Å². The van der Waals surface area contributed by atoms with Gasteiger partial charge < -0.3 is 19.4 Å². The first-order chi connectivity index (χ1) is 34.9. The second-order valence-corrected chi connectivity index (χ2v) is 23.3. The van der Waals surface area contributed by atoms with Crippen LogP contribution in [0.25, 0.3) is 0 Å². The molecule has 9 nitrogen and oxygen atoms in total. The molecule has 72 heavy (non-hydrogen) atoms. The monoisotopic (exact) mass is 1030 g/mol. The number of ether oxygens (including phenoxy) is 1. The zero-order chi connectivity index (χ0) is 52.9. The standard InChI is InChI=1S/C62H117N2O7P/c1-7-10-13-16-19-22-25-27-29-30-31-32-33-34-35-36-39-42-45-48-51-54-61(65)63-59(58-70-72(67,68)69-57-56-64(4,5)6)60(53-50-47-44-41-38-24-21-18-15-12-9-3)71-62(66)55-52-49-46-43-40-37-28-26-23-20-17-14-11-8-2/h19,22,27,29,31-32,50,53,59-60H,7-18,20-21,23-26,28,30,33-49,51-52,54-58H2,1-6H3,(H-,63,65,67,68)/p+1/b22-19-,29-27-,32-31-,53-50-. The number of allylic oxidation sites excluding steroid dienone is 7. The van der Waals surface area contributed by atoms with Gasteiger partial charge in [-0.15, -0.1) is 0 Å². The quantitative estimate of drug-likeness (QED) is 0.0205. The summed E-state index contributed by atoms with van der Waals surface area (Å²) in [4.78, 5) is 37.6. The molecule has 0 aromatic heterocycles. The molecule has 0 saturated carbocycles. The number of unbranched alkanes of at least 4 members (excludes halogenated alkanes) is 33. The van der Waals surface area contributed by atoms with E-state index < -0.39 is 20.0 Å². The van der Waals surface area contributed by atoms with E-state index in [0.29, 0.717) is 23.9 Å².